The third kappa shape index (κ3) is 3.85. The van der Waals surface area contributed by atoms with E-state index in [0.717, 1.165) is 29.8 Å². The number of aromatic nitrogens is 2. The normalized spacial score (nSPS) is 10.2. The van der Waals surface area contributed by atoms with Crippen LogP contribution in [0.1, 0.15) is 18.3 Å². The number of nitrogens with one attached hydrogen (secondary N) is 2. The molecule has 0 fully saturated rings. The molecule has 0 amide bonds. The van der Waals surface area contributed by atoms with Crippen LogP contribution in [0.5, 0.6) is 5.75 Å². The second-order valence-electron chi connectivity index (χ2n) is 4.42. The van der Waals surface area contributed by atoms with Crippen molar-refractivity contribution in [2.75, 3.05) is 24.3 Å². The Kier molecular flexibility index (Phi) is 4.76. The first-order valence-electron chi connectivity index (χ1n) is 6.67. The number of ether oxygens (including phenoxy) is 1. The summed E-state index contributed by atoms with van der Waals surface area (Å²) in [5.74, 6) is 3.28. The van der Waals surface area contributed by atoms with Crippen LogP contribution in [0.15, 0.2) is 30.3 Å². The summed E-state index contributed by atoms with van der Waals surface area (Å²) in [6.45, 7) is 5.49. The van der Waals surface area contributed by atoms with Crippen LogP contribution in [0.3, 0.4) is 0 Å². The van der Waals surface area contributed by atoms with Gasteiger partial charge in [0.15, 0.2) is 0 Å². The van der Waals surface area contributed by atoms with E-state index in [0.29, 0.717) is 6.54 Å². The summed E-state index contributed by atoms with van der Waals surface area (Å²) in [6, 6.07) is 9.88. The Morgan fingerprint density at radius 3 is 2.30 bits per heavy atom. The van der Waals surface area contributed by atoms with Crippen molar-refractivity contribution in [3.05, 3.63) is 41.7 Å². The zero-order chi connectivity index (χ0) is 14.4. The lowest BCUT2D eigenvalue weighted by Gasteiger charge is -2.09. The Labute approximate surface area is 119 Å². The van der Waals surface area contributed by atoms with Gasteiger partial charge in [-0.15, -0.1) is 0 Å². The van der Waals surface area contributed by atoms with Crippen molar-refractivity contribution < 1.29 is 4.74 Å². The molecule has 5 nitrogen and oxygen atoms in total. The molecule has 1 aromatic heterocycles. The lowest BCUT2D eigenvalue weighted by atomic mass is 10.2. The average Bonchev–Trinajstić information content (AvgIpc) is 2.45. The van der Waals surface area contributed by atoms with E-state index in [9.17, 15) is 0 Å². The second-order valence-corrected chi connectivity index (χ2v) is 4.42. The van der Waals surface area contributed by atoms with Gasteiger partial charge in [0.1, 0.15) is 23.2 Å². The highest BCUT2D eigenvalue weighted by atomic mass is 16.5. The van der Waals surface area contributed by atoms with E-state index in [1.165, 1.54) is 5.56 Å². The number of rotatable bonds is 6. The molecule has 106 valence electrons. The lowest BCUT2D eigenvalue weighted by Crippen LogP contribution is -2.06. The van der Waals surface area contributed by atoms with Gasteiger partial charge in [-0.3, -0.25) is 0 Å². The standard InChI is InChI=1S/C15H20N4O/c1-4-16-14-9-15(19-11(2)18-14)17-10-12-5-7-13(20-3)8-6-12/h5-9H,4,10H2,1-3H3,(H2,16,17,18,19). The quantitative estimate of drug-likeness (QED) is 0.846. The Balaban J connectivity index is 2.02. The maximum atomic E-state index is 5.14. The number of aryl methyl sites for hydroxylation is 1. The highest BCUT2D eigenvalue weighted by molar-refractivity contribution is 5.47. The van der Waals surface area contributed by atoms with Gasteiger partial charge in [0.05, 0.1) is 7.11 Å². The molecule has 0 atom stereocenters. The average molecular weight is 272 g/mol. The van der Waals surface area contributed by atoms with Crippen molar-refractivity contribution in [2.45, 2.75) is 20.4 Å². The largest absolute Gasteiger partial charge is 0.497 e. The zero-order valence-electron chi connectivity index (χ0n) is 12.1. The molecule has 2 N–H and O–H groups in total. The first-order valence-corrected chi connectivity index (χ1v) is 6.67. The van der Waals surface area contributed by atoms with E-state index < -0.39 is 0 Å². The van der Waals surface area contributed by atoms with E-state index in [1.54, 1.807) is 7.11 Å². The third-order valence-corrected chi connectivity index (χ3v) is 2.83. The van der Waals surface area contributed by atoms with E-state index >= 15 is 0 Å². The van der Waals surface area contributed by atoms with Crippen LogP contribution in [0.25, 0.3) is 0 Å². The molecule has 2 aromatic rings. The Morgan fingerprint density at radius 1 is 1.05 bits per heavy atom. The SMILES string of the molecule is CCNc1cc(NCc2ccc(OC)cc2)nc(C)n1. The van der Waals surface area contributed by atoms with Gasteiger partial charge >= 0.3 is 0 Å². The summed E-state index contributed by atoms with van der Waals surface area (Å²) < 4.78 is 5.14. The van der Waals surface area contributed by atoms with Gasteiger partial charge in [-0.05, 0) is 31.5 Å². The van der Waals surface area contributed by atoms with Crippen LogP contribution in [-0.2, 0) is 6.54 Å². The fraction of sp³-hybridized carbons (Fsp3) is 0.333. The maximum Gasteiger partial charge on any atom is 0.132 e. The molecule has 0 aliphatic rings. The summed E-state index contributed by atoms with van der Waals surface area (Å²) in [7, 11) is 1.67. The van der Waals surface area contributed by atoms with E-state index in [-0.39, 0.29) is 0 Å². The molecule has 0 unspecified atom stereocenters. The highest BCUT2D eigenvalue weighted by Gasteiger charge is 2.01. The monoisotopic (exact) mass is 272 g/mol. The fourth-order valence-corrected chi connectivity index (χ4v) is 1.87. The molecule has 2 rings (SSSR count). The van der Waals surface area contributed by atoms with Gasteiger partial charge in [0.2, 0.25) is 0 Å². The maximum absolute atomic E-state index is 5.14. The summed E-state index contributed by atoms with van der Waals surface area (Å²) in [4.78, 5) is 8.70. The molecular weight excluding hydrogens is 252 g/mol. The number of methoxy groups -OCH3 is 1. The Morgan fingerprint density at radius 2 is 1.70 bits per heavy atom. The number of nitrogens with zero attached hydrogens (tertiary/aromatic N) is 2. The topological polar surface area (TPSA) is 59.1 Å². The van der Waals surface area contributed by atoms with E-state index in [2.05, 4.69) is 20.6 Å². The molecule has 0 aliphatic carbocycles. The van der Waals surface area contributed by atoms with Crippen LogP contribution < -0.4 is 15.4 Å². The first kappa shape index (κ1) is 14.1. The fourth-order valence-electron chi connectivity index (χ4n) is 1.87. The molecule has 0 saturated heterocycles. The minimum Gasteiger partial charge on any atom is -0.497 e. The molecule has 20 heavy (non-hydrogen) atoms. The number of benzene rings is 1. The molecule has 1 aromatic carbocycles. The number of anilines is 2. The summed E-state index contributed by atoms with van der Waals surface area (Å²) >= 11 is 0. The van der Waals surface area contributed by atoms with Crippen molar-refractivity contribution in [1.29, 1.82) is 0 Å². The highest BCUT2D eigenvalue weighted by Crippen LogP contribution is 2.14. The molecule has 0 aliphatic heterocycles. The molecule has 0 radical (unpaired) electrons. The van der Waals surface area contributed by atoms with Gasteiger partial charge < -0.3 is 15.4 Å². The molecule has 0 spiro atoms. The van der Waals surface area contributed by atoms with Crippen LogP contribution >= 0.6 is 0 Å². The summed E-state index contributed by atoms with van der Waals surface area (Å²) in [6.07, 6.45) is 0. The number of hydrogen-bond donors (Lipinski definition) is 2. The van der Waals surface area contributed by atoms with Gasteiger partial charge in [-0.25, -0.2) is 9.97 Å². The minimum absolute atomic E-state index is 0.714. The van der Waals surface area contributed by atoms with Crippen molar-refractivity contribution in [2.24, 2.45) is 0 Å². The van der Waals surface area contributed by atoms with Crippen molar-refractivity contribution in [1.82, 2.24) is 9.97 Å². The Hall–Kier alpha value is -2.30. The second kappa shape index (κ2) is 6.75. The molecule has 0 bridgehead atoms. The summed E-state index contributed by atoms with van der Waals surface area (Å²) in [5.41, 5.74) is 1.17. The van der Waals surface area contributed by atoms with Gasteiger partial charge in [0, 0.05) is 19.2 Å². The molecule has 1 heterocycles. The van der Waals surface area contributed by atoms with Crippen molar-refractivity contribution >= 4 is 11.6 Å². The van der Waals surface area contributed by atoms with Crippen molar-refractivity contribution in [3.8, 4) is 5.75 Å². The smallest absolute Gasteiger partial charge is 0.132 e. The van der Waals surface area contributed by atoms with Gasteiger partial charge in [0.25, 0.3) is 0 Å². The molecule has 5 heteroatoms. The predicted molar refractivity (Wildman–Crippen MR) is 81.3 cm³/mol. The zero-order valence-corrected chi connectivity index (χ0v) is 12.1. The first-order chi connectivity index (χ1) is 9.71. The van der Waals surface area contributed by atoms with E-state index in [1.807, 2.05) is 44.2 Å². The molecular formula is C15H20N4O. The Bertz CT molecular complexity index is 554. The summed E-state index contributed by atoms with van der Waals surface area (Å²) in [5, 5.41) is 6.50. The van der Waals surface area contributed by atoms with Crippen molar-refractivity contribution in [3.63, 3.8) is 0 Å². The van der Waals surface area contributed by atoms with E-state index in [4.69, 9.17) is 4.74 Å². The van der Waals surface area contributed by atoms with Gasteiger partial charge in [-0.1, -0.05) is 12.1 Å². The van der Waals surface area contributed by atoms with Crippen LogP contribution in [0.4, 0.5) is 11.6 Å². The van der Waals surface area contributed by atoms with Crippen LogP contribution in [0.2, 0.25) is 0 Å². The lowest BCUT2D eigenvalue weighted by molar-refractivity contribution is 0.414. The van der Waals surface area contributed by atoms with Crippen LogP contribution in [0, 0.1) is 6.92 Å². The molecule has 0 saturated carbocycles. The predicted octanol–water partition coefficient (Wildman–Crippen LogP) is 2.84. The number of hydrogen-bond acceptors (Lipinski definition) is 5. The minimum atomic E-state index is 0.714. The van der Waals surface area contributed by atoms with Crippen LogP contribution in [-0.4, -0.2) is 23.6 Å². The third-order valence-electron chi connectivity index (χ3n) is 2.83. The van der Waals surface area contributed by atoms with Gasteiger partial charge in [-0.2, -0.15) is 0 Å².